The first-order valence-corrected chi connectivity index (χ1v) is 9.67. The van der Waals surface area contributed by atoms with Gasteiger partial charge in [-0.25, -0.2) is 0 Å². The van der Waals surface area contributed by atoms with Crippen LogP contribution in [0.1, 0.15) is 35.2 Å². The van der Waals surface area contributed by atoms with E-state index in [4.69, 9.17) is 0 Å². The lowest BCUT2D eigenvalue weighted by atomic mass is 9.84. The van der Waals surface area contributed by atoms with Gasteiger partial charge in [-0.2, -0.15) is 0 Å². The van der Waals surface area contributed by atoms with Gasteiger partial charge in [-0.1, -0.05) is 85.3 Å². The van der Waals surface area contributed by atoms with Crippen LogP contribution >= 0.6 is 0 Å². The van der Waals surface area contributed by atoms with Crippen molar-refractivity contribution in [3.63, 3.8) is 0 Å². The van der Waals surface area contributed by atoms with Gasteiger partial charge < -0.3 is 5.11 Å². The van der Waals surface area contributed by atoms with Gasteiger partial charge >= 0.3 is 0 Å². The Morgan fingerprint density at radius 2 is 1.67 bits per heavy atom. The van der Waals surface area contributed by atoms with Crippen molar-refractivity contribution >= 4 is 22.6 Å². The molecule has 1 aliphatic rings. The molecule has 3 aromatic rings. The standard InChI is InChI=1S/C25H24O2/c26-24(16-13-18-7-2-1-3-8-18)22-11-6-12-23(22)25(27)21-15-14-19-9-4-5-10-20(19)17-21/h1-5,7-10,13-17,22-24,26H,6,11-12H2/b16-13+/t22-,23-,24-/m0/s1. The number of carbonyl (C=O) groups is 1. The number of aliphatic hydroxyl groups excluding tert-OH is 1. The highest BCUT2D eigenvalue weighted by molar-refractivity contribution is 6.01. The van der Waals surface area contributed by atoms with E-state index in [0.29, 0.717) is 0 Å². The number of benzene rings is 3. The molecule has 1 N–H and O–H groups in total. The Labute approximate surface area is 160 Å². The molecule has 0 aromatic heterocycles. The van der Waals surface area contributed by atoms with Crippen molar-refractivity contribution in [1.29, 1.82) is 0 Å². The highest BCUT2D eigenvalue weighted by Gasteiger charge is 2.36. The first kappa shape index (κ1) is 17.7. The zero-order valence-electron chi connectivity index (χ0n) is 15.3. The number of Topliss-reactive ketones (excluding diaryl/α,β-unsaturated/α-hetero) is 1. The second kappa shape index (κ2) is 7.89. The minimum absolute atomic E-state index is 0.0102. The summed E-state index contributed by atoms with van der Waals surface area (Å²) < 4.78 is 0. The molecule has 3 aromatic carbocycles. The number of aliphatic hydroxyl groups is 1. The summed E-state index contributed by atoms with van der Waals surface area (Å²) in [6.45, 7) is 0. The molecule has 1 fully saturated rings. The summed E-state index contributed by atoms with van der Waals surface area (Å²) in [6, 6.07) is 24.0. The van der Waals surface area contributed by atoms with E-state index in [9.17, 15) is 9.90 Å². The van der Waals surface area contributed by atoms with Crippen LogP contribution < -0.4 is 0 Å². The third-order valence-electron chi connectivity index (χ3n) is 5.66. The van der Waals surface area contributed by atoms with Gasteiger partial charge in [-0.05, 0) is 41.2 Å². The molecule has 136 valence electrons. The first-order valence-electron chi connectivity index (χ1n) is 9.67. The third-order valence-corrected chi connectivity index (χ3v) is 5.66. The van der Waals surface area contributed by atoms with Gasteiger partial charge in [0, 0.05) is 11.5 Å². The average Bonchev–Trinajstić information content (AvgIpc) is 3.22. The van der Waals surface area contributed by atoms with Crippen molar-refractivity contribution in [1.82, 2.24) is 0 Å². The lowest BCUT2D eigenvalue weighted by Crippen LogP contribution is -2.27. The molecule has 0 spiro atoms. The van der Waals surface area contributed by atoms with Crippen molar-refractivity contribution in [2.75, 3.05) is 0 Å². The summed E-state index contributed by atoms with van der Waals surface area (Å²) in [4.78, 5) is 13.1. The van der Waals surface area contributed by atoms with Crippen LogP contribution in [0.3, 0.4) is 0 Å². The molecule has 0 saturated heterocycles. The molecule has 1 aliphatic carbocycles. The Kier molecular flexibility index (Phi) is 5.17. The van der Waals surface area contributed by atoms with E-state index in [1.807, 2.05) is 78.9 Å². The van der Waals surface area contributed by atoms with Crippen molar-refractivity contribution < 1.29 is 9.90 Å². The van der Waals surface area contributed by atoms with Gasteiger partial charge in [0.2, 0.25) is 0 Å². The van der Waals surface area contributed by atoms with E-state index in [0.717, 1.165) is 41.2 Å². The molecular weight excluding hydrogens is 332 g/mol. The molecule has 0 aliphatic heterocycles. The molecule has 0 bridgehead atoms. The minimum atomic E-state index is -0.595. The fourth-order valence-electron chi connectivity index (χ4n) is 4.20. The summed E-state index contributed by atoms with van der Waals surface area (Å²) >= 11 is 0. The molecule has 4 rings (SSSR count). The molecule has 27 heavy (non-hydrogen) atoms. The van der Waals surface area contributed by atoms with Gasteiger partial charge in [0.05, 0.1) is 6.10 Å². The highest BCUT2D eigenvalue weighted by Crippen LogP contribution is 2.37. The number of carbonyl (C=O) groups excluding carboxylic acids is 1. The lowest BCUT2D eigenvalue weighted by molar-refractivity contribution is 0.0778. The largest absolute Gasteiger partial charge is 0.389 e. The second-order valence-corrected chi connectivity index (χ2v) is 7.39. The third kappa shape index (κ3) is 3.86. The Morgan fingerprint density at radius 3 is 2.48 bits per heavy atom. The molecule has 3 atom stereocenters. The van der Waals surface area contributed by atoms with E-state index in [-0.39, 0.29) is 17.6 Å². The van der Waals surface area contributed by atoms with Gasteiger partial charge in [-0.15, -0.1) is 0 Å². The summed E-state index contributed by atoms with van der Waals surface area (Å²) in [6.07, 6.45) is 5.93. The normalized spacial score (nSPS) is 20.9. The van der Waals surface area contributed by atoms with Crippen LogP contribution in [-0.4, -0.2) is 17.0 Å². The van der Waals surface area contributed by atoms with Gasteiger partial charge in [-0.3, -0.25) is 4.79 Å². The molecule has 0 unspecified atom stereocenters. The number of hydrogen-bond donors (Lipinski definition) is 1. The van der Waals surface area contributed by atoms with Crippen molar-refractivity contribution in [2.45, 2.75) is 25.4 Å². The number of hydrogen-bond acceptors (Lipinski definition) is 2. The maximum Gasteiger partial charge on any atom is 0.166 e. The first-order chi connectivity index (χ1) is 13.2. The quantitative estimate of drug-likeness (QED) is 0.612. The van der Waals surface area contributed by atoms with E-state index < -0.39 is 6.10 Å². The molecule has 2 heteroatoms. The Morgan fingerprint density at radius 1 is 0.926 bits per heavy atom. The van der Waals surface area contributed by atoms with Crippen LogP contribution in [0, 0.1) is 11.8 Å². The van der Waals surface area contributed by atoms with Crippen LogP contribution in [0.15, 0.2) is 78.9 Å². The maximum absolute atomic E-state index is 13.1. The monoisotopic (exact) mass is 356 g/mol. The number of rotatable bonds is 5. The van der Waals surface area contributed by atoms with Crippen molar-refractivity contribution in [3.8, 4) is 0 Å². The zero-order valence-corrected chi connectivity index (χ0v) is 15.3. The van der Waals surface area contributed by atoms with E-state index in [2.05, 4.69) is 6.07 Å². The SMILES string of the molecule is O=C(c1ccc2ccccc2c1)[C@H]1CCC[C@@H]1[C@@H](O)/C=C/c1ccccc1. The molecule has 0 radical (unpaired) electrons. The maximum atomic E-state index is 13.1. The second-order valence-electron chi connectivity index (χ2n) is 7.39. The summed E-state index contributed by atoms with van der Waals surface area (Å²) in [5, 5.41) is 12.9. The van der Waals surface area contributed by atoms with E-state index >= 15 is 0 Å². The highest BCUT2D eigenvalue weighted by atomic mass is 16.3. The van der Waals surface area contributed by atoms with Gasteiger partial charge in [0.25, 0.3) is 0 Å². The van der Waals surface area contributed by atoms with Crippen LogP contribution in [0.2, 0.25) is 0 Å². The predicted molar refractivity (Wildman–Crippen MR) is 111 cm³/mol. The van der Waals surface area contributed by atoms with Crippen molar-refractivity contribution in [2.24, 2.45) is 11.8 Å². The fraction of sp³-hybridized carbons (Fsp3) is 0.240. The average molecular weight is 356 g/mol. The van der Waals surface area contributed by atoms with Gasteiger partial charge in [0.1, 0.15) is 0 Å². The summed E-state index contributed by atoms with van der Waals surface area (Å²) in [5.74, 6) is 0.0425. The van der Waals surface area contributed by atoms with Crippen LogP contribution in [0.25, 0.3) is 16.8 Å². The molecule has 1 saturated carbocycles. The van der Waals surface area contributed by atoms with E-state index in [1.54, 1.807) is 0 Å². The van der Waals surface area contributed by atoms with Crippen LogP contribution in [0.5, 0.6) is 0 Å². The smallest absolute Gasteiger partial charge is 0.166 e. The zero-order chi connectivity index (χ0) is 18.6. The molecule has 2 nitrogen and oxygen atoms in total. The van der Waals surface area contributed by atoms with Crippen molar-refractivity contribution in [3.05, 3.63) is 90.0 Å². The van der Waals surface area contributed by atoms with E-state index in [1.165, 1.54) is 0 Å². The lowest BCUT2D eigenvalue weighted by Gasteiger charge is -2.22. The Hall–Kier alpha value is -2.71. The van der Waals surface area contributed by atoms with Gasteiger partial charge in [0.15, 0.2) is 5.78 Å². The Bertz CT molecular complexity index is 958. The number of ketones is 1. The summed E-state index contributed by atoms with van der Waals surface area (Å²) in [7, 11) is 0. The number of fused-ring (bicyclic) bond motifs is 1. The summed E-state index contributed by atoms with van der Waals surface area (Å²) in [5.41, 5.74) is 1.82. The predicted octanol–water partition coefficient (Wildman–Crippen LogP) is 5.51. The minimum Gasteiger partial charge on any atom is -0.389 e. The Balaban J connectivity index is 1.52. The topological polar surface area (TPSA) is 37.3 Å². The molecule has 0 heterocycles. The van der Waals surface area contributed by atoms with Crippen LogP contribution in [-0.2, 0) is 0 Å². The molecule has 0 amide bonds. The fourth-order valence-corrected chi connectivity index (χ4v) is 4.20. The van der Waals surface area contributed by atoms with Crippen LogP contribution in [0.4, 0.5) is 0 Å². The molecular formula is C25H24O2.